The fraction of sp³-hybridized carbons (Fsp3) is 0.294. The largest absolute Gasteiger partial charge is 0.508 e. The van der Waals surface area contributed by atoms with Gasteiger partial charge < -0.3 is 10.2 Å². The van der Waals surface area contributed by atoms with Crippen LogP contribution in [0.3, 0.4) is 0 Å². The molecule has 4 heteroatoms. The maximum absolute atomic E-state index is 13.1. The fourth-order valence-corrected chi connectivity index (χ4v) is 2.40. The third-order valence-corrected chi connectivity index (χ3v) is 3.38. The zero-order valence-corrected chi connectivity index (χ0v) is 11.8. The summed E-state index contributed by atoms with van der Waals surface area (Å²) >= 11 is 0. The first-order valence-electron chi connectivity index (χ1n) is 6.94. The van der Waals surface area contributed by atoms with Crippen molar-refractivity contribution in [3.05, 3.63) is 64.5 Å². The van der Waals surface area contributed by atoms with Gasteiger partial charge in [-0.2, -0.15) is 0 Å². The first-order chi connectivity index (χ1) is 9.99. The molecular weight excluding hydrogens is 274 g/mol. The van der Waals surface area contributed by atoms with E-state index in [-0.39, 0.29) is 5.76 Å². The van der Waals surface area contributed by atoms with Crippen LogP contribution in [-0.2, 0) is 0 Å². The van der Waals surface area contributed by atoms with Gasteiger partial charge in [-0.15, -0.1) is 0 Å². The van der Waals surface area contributed by atoms with E-state index in [2.05, 4.69) is 0 Å². The van der Waals surface area contributed by atoms with Crippen LogP contribution < -0.4 is 0 Å². The van der Waals surface area contributed by atoms with Crippen LogP contribution in [0, 0.1) is 11.6 Å². The summed E-state index contributed by atoms with van der Waals surface area (Å²) in [4.78, 5) is 0. The molecule has 0 heterocycles. The van der Waals surface area contributed by atoms with Gasteiger partial charge >= 0.3 is 0 Å². The molecule has 1 aromatic carbocycles. The van der Waals surface area contributed by atoms with Gasteiger partial charge in [-0.25, -0.2) is 8.78 Å². The van der Waals surface area contributed by atoms with Gasteiger partial charge in [0, 0.05) is 18.1 Å². The highest BCUT2D eigenvalue weighted by atomic mass is 19.1. The van der Waals surface area contributed by atoms with Gasteiger partial charge in [-0.3, -0.25) is 0 Å². The van der Waals surface area contributed by atoms with Crippen molar-refractivity contribution < 1.29 is 19.0 Å². The van der Waals surface area contributed by atoms with E-state index < -0.39 is 17.7 Å². The predicted molar refractivity (Wildman–Crippen MR) is 78.7 cm³/mol. The maximum Gasteiger partial charge on any atom is 0.126 e. The van der Waals surface area contributed by atoms with Crippen LogP contribution in [-0.4, -0.2) is 16.3 Å². The molecule has 21 heavy (non-hydrogen) atoms. The molecular formula is C17H18F2O2. The molecule has 1 unspecified atom stereocenters. The summed E-state index contributed by atoms with van der Waals surface area (Å²) in [5.41, 5.74) is 1.75. The van der Waals surface area contributed by atoms with E-state index in [1.54, 1.807) is 18.2 Å². The number of hydrogen-bond acceptors (Lipinski definition) is 2. The highest BCUT2D eigenvalue weighted by Crippen LogP contribution is 2.27. The molecule has 0 radical (unpaired) electrons. The number of aliphatic hydroxyl groups is 2. The Kier molecular flexibility index (Phi) is 4.91. The second kappa shape index (κ2) is 6.68. The van der Waals surface area contributed by atoms with Crippen molar-refractivity contribution in [2.45, 2.75) is 32.3 Å². The van der Waals surface area contributed by atoms with Crippen LogP contribution in [0.25, 0.3) is 6.08 Å². The molecule has 1 aliphatic carbocycles. The molecule has 1 aliphatic rings. The van der Waals surface area contributed by atoms with Gasteiger partial charge in [0.05, 0.1) is 6.10 Å². The van der Waals surface area contributed by atoms with Crippen LogP contribution >= 0.6 is 0 Å². The first kappa shape index (κ1) is 15.4. The Hall–Kier alpha value is -1.94. The standard InChI is InChI=1S/C17H18F2O2/c1-2-3-15-16(20)8-12(9-17(15)21)5-4-11-6-13(18)10-14(19)7-11/h4-8,10,17,20-21H,2-3,9H2,1H3. The summed E-state index contributed by atoms with van der Waals surface area (Å²) in [5, 5.41) is 19.9. The van der Waals surface area contributed by atoms with Crippen molar-refractivity contribution in [2.75, 3.05) is 0 Å². The predicted octanol–water partition coefficient (Wildman–Crippen LogP) is 4.28. The van der Waals surface area contributed by atoms with Crippen LogP contribution in [0.5, 0.6) is 0 Å². The molecule has 2 N–H and O–H groups in total. The Morgan fingerprint density at radius 1 is 1.19 bits per heavy atom. The normalized spacial score (nSPS) is 19.2. The summed E-state index contributed by atoms with van der Waals surface area (Å²) in [5.74, 6) is -1.19. The topological polar surface area (TPSA) is 40.5 Å². The van der Waals surface area contributed by atoms with Gasteiger partial charge in [-0.1, -0.05) is 25.5 Å². The third-order valence-electron chi connectivity index (χ3n) is 3.38. The lowest BCUT2D eigenvalue weighted by atomic mass is 9.91. The summed E-state index contributed by atoms with van der Waals surface area (Å²) in [6, 6.07) is 3.25. The van der Waals surface area contributed by atoms with E-state index in [9.17, 15) is 19.0 Å². The molecule has 1 atom stereocenters. The van der Waals surface area contributed by atoms with E-state index in [4.69, 9.17) is 0 Å². The Labute approximate surface area is 122 Å². The highest BCUT2D eigenvalue weighted by Gasteiger charge is 2.20. The number of benzene rings is 1. The zero-order chi connectivity index (χ0) is 15.4. The minimum absolute atomic E-state index is 0.0840. The quantitative estimate of drug-likeness (QED) is 0.869. The van der Waals surface area contributed by atoms with Gasteiger partial charge in [0.1, 0.15) is 17.4 Å². The Morgan fingerprint density at radius 2 is 1.86 bits per heavy atom. The summed E-state index contributed by atoms with van der Waals surface area (Å²) in [7, 11) is 0. The van der Waals surface area contributed by atoms with Crippen LogP contribution in [0.4, 0.5) is 8.78 Å². The van der Waals surface area contributed by atoms with E-state index in [1.165, 1.54) is 12.1 Å². The number of allylic oxidation sites excluding steroid dienone is 2. The SMILES string of the molecule is CCCC1=C(O)C=C(C=Cc2cc(F)cc(F)c2)CC1O. The Morgan fingerprint density at radius 3 is 2.43 bits per heavy atom. The molecule has 0 bridgehead atoms. The van der Waals surface area contributed by atoms with Crippen LogP contribution in [0.15, 0.2) is 47.3 Å². The highest BCUT2D eigenvalue weighted by molar-refractivity contribution is 5.54. The number of halogens is 2. The lowest BCUT2D eigenvalue weighted by Crippen LogP contribution is -2.16. The first-order valence-corrected chi connectivity index (χ1v) is 6.94. The average Bonchev–Trinajstić information content (AvgIpc) is 2.39. The number of aliphatic hydroxyl groups excluding tert-OH is 2. The second-order valence-corrected chi connectivity index (χ2v) is 5.14. The van der Waals surface area contributed by atoms with E-state index >= 15 is 0 Å². The lowest BCUT2D eigenvalue weighted by molar-refractivity contribution is 0.196. The molecule has 2 rings (SSSR count). The number of hydrogen-bond donors (Lipinski definition) is 2. The van der Waals surface area contributed by atoms with Gasteiger partial charge in [-0.05, 0) is 35.8 Å². The van der Waals surface area contributed by atoms with Crippen molar-refractivity contribution >= 4 is 6.08 Å². The summed E-state index contributed by atoms with van der Waals surface area (Å²) in [6.45, 7) is 1.98. The minimum Gasteiger partial charge on any atom is -0.508 e. The van der Waals surface area contributed by atoms with E-state index in [0.717, 1.165) is 12.5 Å². The van der Waals surface area contributed by atoms with E-state index in [1.807, 2.05) is 6.92 Å². The monoisotopic (exact) mass is 292 g/mol. The molecule has 2 nitrogen and oxygen atoms in total. The van der Waals surface area contributed by atoms with Crippen molar-refractivity contribution in [1.82, 2.24) is 0 Å². The smallest absolute Gasteiger partial charge is 0.126 e. The van der Waals surface area contributed by atoms with Crippen molar-refractivity contribution in [3.8, 4) is 0 Å². The van der Waals surface area contributed by atoms with Gasteiger partial charge in [0.2, 0.25) is 0 Å². The van der Waals surface area contributed by atoms with Crippen LogP contribution in [0.2, 0.25) is 0 Å². The van der Waals surface area contributed by atoms with Gasteiger partial charge in [0.15, 0.2) is 0 Å². The average molecular weight is 292 g/mol. The Balaban J connectivity index is 2.20. The lowest BCUT2D eigenvalue weighted by Gasteiger charge is -2.21. The Bertz CT molecular complexity index is 595. The molecule has 0 saturated heterocycles. The zero-order valence-electron chi connectivity index (χ0n) is 11.8. The van der Waals surface area contributed by atoms with Crippen molar-refractivity contribution in [2.24, 2.45) is 0 Å². The summed E-state index contributed by atoms with van der Waals surface area (Å²) < 4.78 is 26.2. The van der Waals surface area contributed by atoms with Crippen molar-refractivity contribution in [3.63, 3.8) is 0 Å². The molecule has 0 amide bonds. The molecule has 0 aromatic heterocycles. The minimum atomic E-state index is -0.709. The van der Waals surface area contributed by atoms with Crippen LogP contribution in [0.1, 0.15) is 31.7 Å². The molecule has 0 spiro atoms. The molecule has 0 fully saturated rings. The summed E-state index contributed by atoms with van der Waals surface area (Å²) in [6.07, 6.45) is 5.96. The molecule has 0 saturated carbocycles. The van der Waals surface area contributed by atoms with Crippen molar-refractivity contribution in [1.29, 1.82) is 0 Å². The second-order valence-electron chi connectivity index (χ2n) is 5.14. The number of rotatable bonds is 4. The fourth-order valence-electron chi connectivity index (χ4n) is 2.40. The van der Waals surface area contributed by atoms with E-state index in [0.29, 0.717) is 29.6 Å². The third kappa shape index (κ3) is 4.02. The molecule has 1 aromatic rings. The van der Waals surface area contributed by atoms with Gasteiger partial charge in [0.25, 0.3) is 0 Å². The maximum atomic E-state index is 13.1. The molecule has 112 valence electrons. The molecule has 0 aliphatic heterocycles.